The average molecular weight is 215 g/mol. The summed E-state index contributed by atoms with van der Waals surface area (Å²) >= 11 is 0. The molecule has 15 heavy (non-hydrogen) atoms. The highest BCUT2D eigenvalue weighted by Gasteiger charge is 1.91. The molecule has 0 aromatic rings. The summed E-state index contributed by atoms with van der Waals surface area (Å²) in [5.41, 5.74) is 5.44. The van der Waals surface area contributed by atoms with Gasteiger partial charge in [-0.2, -0.15) is 0 Å². The van der Waals surface area contributed by atoms with Gasteiger partial charge in [0, 0.05) is 0 Å². The second-order valence-corrected chi connectivity index (χ2v) is 4.32. The molecule has 1 heteroatoms. The van der Waals surface area contributed by atoms with Crippen molar-refractivity contribution in [2.75, 3.05) is 6.54 Å². The minimum absolute atomic E-state index is 0. The quantitative estimate of drug-likeness (QED) is 0.488. The molecule has 0 fully saturated rings. The van der Waals surface area contributed by atoms with Gasteiger partial charge in [0.15, 0.2) is 0 Å². The van der Waals surface area contributed by atoms with Gasteiger partial charge in [-0.15, -0.1) is 0 Å². The van der Waals surface area contributed by atoms with Crippen molar-refractivity contribution < 1.29 is 0 Å². The predicted molar refractivity (Wildman–Crippen MR) is 72.2 cm³/mol. The van der Waals surface area contributed by atoms with E-state index in [-0.39, 0.29) is 7.43 Å². The molecule has 0 aromatic carbocycles. The topological polar surface area (TPSA) is 26.0 Å². The summed E-state index contributed by atoms with van der Waals surface area (Å²) in [6.07, 6.45) is 15.4. The van der Waals surface area contributed by atoms with Crippen LogP contribution in [-0.2, 0) is 0 Å². The molecule has 0 saturated heterocycles. The van der Waals surface area contributed by atoms with Crippen molar-refractivity contribution in [3.63, 3.8) is 0 Å². The van der Waals surface area contributed by atoms with Crippen molar-refractivity contribution in [1.82, 2.24) is 0 Å². The number of hydrogen-bond donors (Lipinski definition) is 1. The molecule has 0 aliphatic carbocycles. The van der Waals surface area contributed by atoms with Crippen LogP contribution in [0.5, 0.6) is 0 Å². The highest BCUT2D eigenvalue weighted by Crippen LogP contribution is 2.10. The normalized spacial score (nSPS) is 10.0. The van der Waals surface area contributed by atoms with E-state index in [4.69, 9.17) is 5.73 Å². The lowest BCUT2D eigenvalue weighted by Crippen LogP contribution is -1.97. The number of rotatable bonds is 11. The van der Waals surface area contributed by atoms with Gasteiger partial charge in [0.1, 0.15) is 0 Å². The van der Waals surface area contributed by atoms with Crippen LogP contribution in [0.15, 0.2) is 0 Å². The molecule has 94 valence electrons. The van der Waals surface area contributed by atoms with E-state index in [9.17, 15) is 0 Å². The summed E-state index contributed by atoms with van der Waals surface area (Å²) in [4.78, 5) is 0. The van der Waals surface area contributed by atoms with Crippen LogP contribution in [0.3, 0.4) is 0 Å². The molecule has 0 aliphatic rings. The third kappa shape index (κ3) is 16.6. The van der Waals surface area contributed by atoms with Crippen LogP contribution in [0.1, 0.15) is 85.0 Å². The monoisotopic (exact) mass is 215 g/mol. The minimum Gasteiger partial charge on any atom is -0.330 e. The molecule has 0 heterocycles. The summed E-state index contributed by atoms with van der Waals surface area (Å²) in [5.74, 6) is 0. The van der Waals surface area contributed by atoms with Gasteiger partial charge in [-0.1, -0.05) is 78.6 Å². The Morgan fingerprint density at radius 3 is 1.27 bits per heavy atom. The largest absolute Gasteiger partial charge is 0.330 e. The van der Waals surface area contributed by atoms with Crippen LogP contribution in [0.2, 0.25) is 0 Å². The van der Waals surface area contributed by atoms with Crippen LogP contribution in [0.25, 0.3) is 0 Å². The molecule has 0 rings (SSSR count). The molecule has 0 unspecified atom stereocenters. The van der Waals surface area contributed by atoms with Crippen LogP contribution in [0.4, 0.5) is 0 Å². The Hall–Kier alpha value is -0.0400. The SMILES string of the molecule is C.CCCCCCCCCCCCCN. The lowest BCUT2D eigenvalue weighted by molar-refractivity contribution is 0.551. The molecule has 1 nitrogen and oxygen atoms in total. The van der Waals surface area contributed by atoms with E-state index in [1.165, 1.54) is 70.6 Å². The zero-order valence-corrected chi connectivity index (χ0v) is 10.1. The maximum atomic E-state index is 5.44. The van der Waals surface area contributed by atoms with Crippen LogP contribution < -0.4 is 5.73 Å². The fraction of sp³-hybridized carbons (Fsp3) is 1.00. The Kier molecular flexibility index (Phi) is 19.0. The molecule has 0 aromatic heterocycles. The fourth-order valence-corrected chi connectivity index (χ4v) is 1.81. The Morgan fingerprint density at radius 2 is 0.933 bits per heavy atom. The molecule has 0 spiro atoms. The lowest BCUT2D eigenvalue weighted by atomic mass is 10.1. The predicted octanol–water partition coefficient (Wildman–Crippen LogP) is 4.89. The van der Waals surface area contributed by atoms with Gasteiger partial charge in [-0.05, 0) is 13.0 Å². The van der Waals surface area contributed by atoms with E-state index in [0.29, 0.717) is 0 Å². The second kappa shape index (κ2) is 16.4. The van der Waals surface area contributed by atoms with Crippen molar-refractivity contribution in [1.29, 1.82) is 0 Å². The van der Waals surface area contributed by atoms with E-state index in [0.717, 1.165) is 6.54 Å². The molecule has 0 amide bonds. The van der Waals surface area contributed by atoms with E-state index in [1.807, 2.05) is 0 Å². The summed E-state index contributed by atoms with van der Waals surface area (Å²) < 4.78 is 0. The maximum absolute atomic E-state index is 5.44. The van der Waals surface area contributed by atoms with E-state index in [1.54, 1.807) is 0 Å². The first-order chi connectivity index (χ1) is 6.91. The number of hydrogen-bond acceptors (Lipinski definition) is 1. The van der Waals surface area contributed by atoms with Crippen molar-refractivity contribution in [3.05, 3.63) is 0 Å². The third-order valence-corrected chi connectivity index (χ3v) is 2.81. The number of unbranched alkanes of at least 4 members (excludes halogenated alkanes) is 10. The summed E-state index contributed by atoms with van der Waals surface area (Å²) in [7, 11) is 0. The maximum Gasteiger partial charge on any atom is -0.00773 e. The Bertz CT molecular complexity index is 79.3. The molecule has 0 radical (unpaired) electrons. The van der Waals surface area contributed by atoms with Gasteiger partial charge < -0.3 is 5.73 Å². The summed E-state index contributed by atoms with van der Waals surface area (Å²) in [6, 6.07) is 0. The van der Waals surface area contributed by atoms with Gasteiger partial charge in [0.2, 0.25) is 0 Å². The Morgan fingerprint density at radius 1 is 0.600 bits per heavy atom. The van der Waals surface area contributed by atoms with Gasteiger partial charge in [-0.3, -0.25) is 0 Å². The molecular weight excluding hydrogens is 182 g/mol. The molecule has 0 bridgehead atoms. The first kappa shape index (κ1) is 17.4. The third-order valence-electron chi connectivity index (χ3n) is 2.81. The lowest BCUT2D eigenvalue weighted by Gasteiger charge is -2.01. The summed E-state index contributed by atoms with van der Waals surface area (Å²) in [5, 5.41) is 0. The average Bonchev–Trinajstić information content (AvgIpc) is 2.21. The smallest absolute Gasteiger partial charge is 0.00773 e. The molecule has 0 atom stereocenters. The first-order valence-electron chi connectivity index (χ1n) is 6.62. The Labute approximate surface area is 97.8 Å². The van der Waals surface area contributed by atoms with Gasteiger partial charge in [-0.25, -0.2) is 0 Å². The number of nitrogens with two attached hydrogens (primary N) is 1. The minimum atomic E-state index is 0. The van der Waals surface area contributed by atoms with Gasteiger partial charge in [0.05, 0.1) is 0 Å². The van der Waals surface area contributed by atoms with Crippen molar-refractivity contribution in [2.45, 2.75) is 85.0 Å². The summed E-state index contributed by atoms with van der Waals surface area (Å²) in [6.45, 7) is 3.15. The zero-order valence-electron chi connectivity index (χ0n) is 10.1. The van der Waals surface area contributed by atoms with E-state index >= 15 is 0 Å². The van der Waals surface area contributed by atoms with Crippen molar-refractivity contribution in [3.8, 4) is 0 Å². The zero-order chi connectivity index (χ0) is 10.5. The highest BCUT2D eigenvalue weighted by atomic mass is 14.5. The molecule has 0 saturated carbocycles. The molecule has 0 aliphatic heterocycles. The second-order valence-electron chi connectivity index (χ2n) is 4.32. The van der Waals surface area contributed by atoms with Gasteiger partial charge >= 0.3 is 0 Å². The van der Waals surface area contributed by atoms with Crippen LogP contribution in [0, 0.1) is 0 Å². The Balaban J connectivity index is 0. The molecule has 2 N–H and O–H groups in total. The van der Waals surface area contributed by atoms with Crippen LogP contribution in [-0.4, -0.2) is 6.54 Å². The highest BCUT2D eigenvalue weighted by molar-refractivity contribution is 4.47. The first-order valence-corrected chi connectivity index (χ1v) is 6.62. The fourth-order valence-electron chi connectivity index (χ4n) is 1.81. The standard InChI is InChI=1S/C13H29N.CH4/c1-2-3-4-5-6-7-8-9-10-11-12-13-14;/h2-14H2,1H3;1H4. The van der Waals surface area contributed by atoms with Gasteiger partial charge in [0.25, 0.3) is 0 Å². The van der Waals surface area contributed by atoms with Crippen molar-refractivity contribution >= 4 is 0 Å². The van der Waals surface area contributed by atoms with Crippen molar-refractivity contribution in [2.24, 2.45) is 5.73 Å². The van der Waals surface area contributed by atoms with E-state index < -0.39 is 0 Å². The molecular formula is C14H33N. The van der Waals surface area contributed by atoms with Crippen LogP contribution >= 0.6 is 0 Å². The van der Waals surface area contributed by atoms with E-state index in [2.05, 4.69) is 6.92 Å².